The Bertz CT molecular complexity index is 1290. The zero-order chi connectivity index (χ0) is 24.9. The van der Waals surface area contributed by atoms with Crippen LogP contribution in [-0.4, -0.2) is 45.8 Å². The Balaban J connectivity index is 1.64. The Kier molecular flexibility index (Phi) is 7.57. The van der Waals surface area contributed by atoms with Crippen LogP contribution in [-0.2, 0) is 14.8 Å². The number of hydrogen-bond acceptors (Lipinski definition) is 5. The maximum absolute atomic E-state index is 12.8. The van der Waals surface area contributed by atoms with Gasteiger partial charge < -0.3 is 15.0 Å². The van der Waals surface area contributed by atoms with Gasteiger partial charge in [-0.15, -0.1) is 0 Å². The SMILES string of the molecule is COc1ccc(NC(=O)CN(C)C(=O)c2ccc(S(=O)(=O)Nc3cccc(C)c3C)cc2)cc1. The molecule has 3 aromatic rings. The summed E-state index contributed by atoms with van der Waals surface area (Å²) < 4.78 is 33.2. The molecule has 0 heterocycles. The zero-order valence-electron chi connectivity index (χ0n) is 19.5. The summed E-state index contributed by atoms with van der Waals surface area (Å²) in [5.41, 5.74) is 3.17. The molecule has 8 nitrogen and oxygen atoms in total. The lowest BCUT2D eigenvalue weighted by atomic mass is 10.1. The predicted octanol–water partition coefficient (Wildman–Crippen LogP) is 3.82. The summed E-state index contributed by atoms with van der Waals surface area (Å²) in [5, 5.41) is 2.72. The summed E-state index contributed by atoms with van der Waals surface area (Å²) >= 11 is 0. The van der Waals surface area contributed by atoms with Crippen molar-refractivity contribution in [2.24, 2.45) is 0 Å². The van der Waals surface area contributed by atoms with Crippen molar-refractivity contribution in [2.75, 3.05) is 30.7 Å². The number of methoxy groups -OCH3 is 1. The van der Waals surface area contributed by atoms with Crippen LogP contribution in [0.15, 0.2) is 71.6 Å². The van der Waals surface area contributed by atoms with Gasteiger partial charge in [-0.3, -0.25) is 14.3 Å². The third-order valence-corrected chi connectivity index (χ3v) is 6.74. The second kappa shape index (κ2) is 10.4. The van der Waals surface area contributed by atoms with E-state index in [1.807, 2.05) is 19.9 Å². The molecule has 0 spiro atoms. The van der Waals surface area contributed by atoms with Gasteiger partial charge in [0.2, 0.25) is 5.91 Å². The van der Waals surface area contributed by atoms with Crippen molar-refractivity contribution in [2.45, 2.75) is 18.7 Å². The minimum atomic E-state index is -3.82. The zero-order valence-corrected chi connectivity index (χ0v) is 20.3. The maximum Gasteiger partial charge on any atom is 0.261 e. The monoisotopic (exact) mass is 481 g/mol. The molecule has 2 N–H and O–H groups in total. The lowest BCUT2D eigenvalue weighted by Crippen LogP contribution is -2.34. The van der Waals surface area contributed by atoms with E-state index in [1.54, 1.807) is 43.5 Å². The van der Waals surface area contributed by atoms with Crippen LogP contribution in [0.2, 0.25) is 0 Å². The number of rotatable bonds is 8. The highest BCUT2D eigenvalue weighted by Gasteiger charge is 2.19. The molecule has 0 fully saturated rings. The van der Waals surface area contributed by atoms with Crippen molar-refractivity contribution in [3.05, 3.63) is 83.4 Å². The first-order valence-corrected chi connectivity index (χ1v) is 12.0. The van der Waals surface area contributed by atoms with Crippen molar-refractivity contribution in [1.29, 1.82) is 0 Å². The molecule has 0 radical (unpaired) electrons. The highest BCUT2D eigenvalue weighted by molar-refractivity contribution is 7.92. The first-order valence-electron chi connectivity index (χ1n) is 10.5. The van der Waals surface area contributed by atoms with E-state index in [-0.39, 0.29) is 22.9 Å². The topological polar surface area (TPSA) is 105 Å². The number of carbonyl (C=O) groups is 2. The van der Waals surface area contributed by atoms with Crippen LogP contribution < -0.4 is 14.8 Å². The molecule has 9 heteroatoms. The van der Waals surface area contributed by atoms with Gasteiger partial charge in [0.1, 0.15) is 5.75 Å². The van der Waals surface area contributed by atoms with Crippen LogP contribution in [0.1, 0.15) is 21.5 Å². The number of carbonyl (C=O) groups excluding carboxylic acids is 2. The Labute approximate surface area is 199 Å². The van der Waals surface area contributed by atoms with Crippen molar-refractivity contribution in [1.82, 2.24) is 4.90 Å². The average molecular weight is 482 g/mol. The van der Waals surface area contributed by atoms with Crippen molar-refractivity contribution in [3.63, 3.8) is 0 Å². The first kappa shape index (κ1) is 24.8. The number of likely N-dealkylation sites (N-methyl/N-ethyl adjacent to an activating group) is 1. The van der Waals surface area contributed by atoms with Gasteiger partial charge in [-0.2, -0.15) is 0 Å². The number of ether oxygens (including phenoxy) is 1. The number of nitrogens with one attached hydrogen (secondary N) is 2. The molecule has 34 heavy (non-hydrogen) atoms. The molecule has 0 bridgehead atoms. The average Bonchev–Trinajstić information content (AvgIpc) is 2.82. The molecular formula is C25H27N3O5S. The summed E-state index contributed by atoms with van der Waals surface area (Å²) in [6.45, 7) is 3.58. The van der Waals surface area contributed by atoms with E-state index in [1.165, 1.54) is 36.2 Å². The van der Waals surface area contributed by atoms with Crippen LogP contribution in [0.5, 0.6) is 5.75 Å². The van der Waals surface area contributed by atoms with E-state index in [2.05, 4.69) is 10.0 Å². The third kappa shape index (κ3) is 5.93. The smallest absolute Gasteiger partial charge is 0.261 e. The normalized spacial score (nSPS) is 10.9. The standard InChI is InChI=1S/C25H27N3O5S/c1-17-6-5-7-23(18(17)2)27-34(31,32)22-14-8-19(9-15-22)25(30)28(3)16-24(29)26-20-10-12-21(33-4)13-11-20/h5-15,27H,16H2,1-4H3,(H,26,29). The molecule has 0 aliphatic rings. The highest BCUT2D eigenvalue weighted by atomic mass is 32.2. The molecule has 3 aromatic carbocycles. The van der Waals surface area contributed by atoms with Crippen LogP contribution in [0.3, 0.4) is 0 Å². The van der Waals surface area contributed by atoms with E-state index in [9.17, 15) is 18.0 Å². The lowest BCUT2D eigenvalue weighted by Gasteiger charge is -2.17. The van der Waals surface area contributed by atoms with Crippen molar-refractivity contribution >= 4 is 33.2 Å². The predicted molar refractivity (Wildman–Crippen MR) is 132 cm³/mol. The van der Waals surface area contributed by atoms with E-state index >= 15 is 0 Å². The number of sulfonamides is 1. The minimum Gasteiger partial charge on any atom is -0.497 e. The summed E-state index contributed by atoms with van der Waals surface area (Å²) in [5.74, 6) is -0.103. The number of anilines is 2. The highest BCUT2D eigenvalue weighted by Crippen LogP contribution is 2.22. The second-order valence-electron chi connectivity index (χ2n) is 7.82. The van der Waals surface area contributed by atoms with Crippen LogP contribution in [0.25, 0.3) is 0 Å². The first-order chi connectivity index (χ1) is 16.1. The Morgan fingerprint density at radius 2 is 1.59 bits per heavy atom. The van der Waals surface area contributed by atoms with Gasteiger partial charge in [0.15, 0.2) is 0 Å². The number of amides is 2. The molecule has 178 valence electrons. The lowest BCUT2D eigenvalue weighted by molar-refractivity contribution is -0.116. The summed E-state index contributed by atoms with van der Waals surface area (Å²) in [4.78, 5) is 26.3. The molecular weight excluding hydrogens is 454 g/mol. The molecule has 0 saturated heterocycles. The van der Waals surface area contributed by atoms with Gasteiger partial charge >= 0.3 is 0 Å². The molecule has 0 aromatic heterocycles. The van der Waals surface area contributed by atoms with Gasteiger partial charge in [-0.1, -0.05) is 12.1 Å². The second-order valence-corrected chi connectivity index (χ2v) is 9.50. The van der Waals surface area contributed by atoms with Gasteiger partial charge in [-0.05, 0) is 79.6 Å². The maximum atomic E-state index is 12.8. The summed E-state index contributed by atoms with van der Waals surface area (Å²) in [7, 11) is -0.766. The van der Waals surface area contributed by atoms with E-state index in [0.29, 0.717) is 17.1 Å². The number of nitrogens with zero attached hydrogens (tertiary/aromatic N) is 1. The van der Waals surface area contributed by atoms with Gasteiger partial charge in [0, 0.05) is 18.3 Å². The Morgan fingerprint density at radius 3 is 2.21 bits per heavy atom. The number of aryl methyl sites for hydroxylation is 1. The van der Waals surface area contributed by atoms with Gasteiger partial charge in [0.25, 0.3) is 15.9 Å². The number of benzene rings is 3. The van der Waals surface area contributed by atoms with Crippen LogP contribution >= 0.6 is 0 Å². The van der Waals surface area contributed by atoms with Crippen LogP contribution in [0, 0.1) is 13.8 Å². The fourth-order valence-corrected chi connectivity index (χ4v) is 4.35. The number of hydrogen-bond donors (Lipinski definition) is 2. The van der Waals surface area contributed by atoms with Crippen molar-refractivity contribution < 1.29 is 22.7 Å². The molecule has 2 amide bonds. The molecule has 0 atom stereocenters. The molecule has 0 saturated carbocycles. The largest absolute Gasteiger partial charge is 0.497 e. The Hall–Kier alpha value is -3.85. The quantitative estimate of drug-likeness (QED) is 0.509. The molecule has 0 aliphatic heterocycles. The summed E-state index contributed by atoms with van der Waals surface area (Å²) in [6.07, 6.45) is 0. The van der Waals surface area contributed by atoms with Gasteiger partial charge in [0.05, 0.1) is 24.2 Å². The van der Waals surface area contributed by atoms with Crippen molar-refractivity contribution in [3.8, 4) is 5.75 Å². The van der Waals surface area contributed by atoms with E-state index in [4.69, 9.17) is 4.74 Å². The Morgan fingerprint density at radius 1 is 0.941 bits per heavy atom. The molecule has 3 rings (SSSR count). The third-order valence-electron chi connectivity index (χ3n) is 5.36. The van der Waals surface area contributed by atoms with E-state index in [0.717, 1.165) is 11.1 Å². The molecule has 0 aliphatic carbocycles. The van der Waals surface area contributed by atoms with Crippen LogP contribution in [0.4, 0.5) is 11.4 Å². The molecule has 0 unspecified atom stereocenters. The van der Waals surface area contributed by atoms with E-state index < -0.39 is 15.9 Å². The summed E-state index contributed by atoms with van der Waals surface area (Å²) in [6, 6.07) is 17.8. The van der Waals surface area contributed by atoms with Gasteiger partial charge in [-0.25, -0.2) is 8.42 Å². The minimum absolute atomic E-state index is 0.0323. The fourth-order valence-electron chi connectivity index (χ4n) is 3.22. The fraction of sp³-hybridized carbons (Fsp3) is 0.200.